The molecular formula is C25H24FN3O5. The molecule has 1 atom stereocenters. The van der Waals surface area contributed by atoms with Crippen molar-refractivity contribution in [3.8, 4) is 17.0 Å². The summed E-state index contributed by atoms with van der Waals surface area (Å²) < 4.78 is 19.7. The minimum atomic E-state index is -1.20. The van der Waals surface area contributed by atoms with Gasteiger partial charge in [-0.05, 0) is 24.3 Å². The van der Waals surface area contributed by atoms with Gasteiger partial charge in [-0.25, -0.2) is 9.37 Å². The summed E-state index contributed by atoms with van der Waals surface area (Å²) in [5.41, 5.74) is 1.10. The van der Waals surface area contributed by atoms with E-state index >= 15 is 0 Å². The molecular weight excluding hydrogens is 441 g/mol. The second-order valence-corrected chi connectivity index (χ2v) is 7.64. The van der Waals surface area contributed by atoms with Gasteiger partial charge >= 0.3 is 5.97 Å². The van der Waals surface area contributed by atoms with E-state index in [1.807, 2.05) is 0 Å². The van der Waals surface area contributed by atoms with Gasteiger partial charge in [0.2, 0.25) is 0 Å². The largest absolute Gasteiger partial charge is 0.494 e. The van der Waals surface area contributed by atoms with E-state index < -0.39 is 30.2 Å². The zero-order valence-electron chi connectivity index (χ0n) is 18.9. The van der Waals surface area contributed by atoms with Crippen LogP contribution in [0.4, 0.5) is 4.39 Å². The average molecular weight is 465 g/mol. The number of amides is 2. The molecule has 0 fully saturated rings. The number of hydrogen-bond donors (Lipinski definition) is 2. The van der Waals surface area contributed by atoms with Crippen molar-refractivity contribution in [2.24, 2.45) is 0 Å². The van der Waals surface area contributed by atoms with E-state index in [-0.39, 0.29) is 22.9 Å². The van der Waals surface area contributed by atoms with Crippen LogP contribution in [0.15, 0.2) is 60.7 Å². The second-order valence-electron chi connectivity index (χ2n) is 7.64. The maximum Gasteiger partial charge on any atom is 0.305 e. The van der Waals surface area contributed by atoms with Crippen LogP contribution in [0.25, 0.3) is 11.3 Å². The summed E-state index contributed by atoms with van der Waals surface area (Å²) in [5, 5.41) is 11.8. The molecule has 0 aliphatic heterocycles. The summed E-state index contributed by atoms with van der Waals surface area (Å²) in [5.74, 6) is -2.45. The second kappa shape index (κ2) is 10.6. The number of carbonyl (C=O) groups excluding carboxylic acids is 2. The smallest absolute Gasteiger partial charge is 0.305 e. The Morgan fingerprint density at radius 3 is 2.38 bits per heavy atom. The minimum Gasteiger partial charge on any atom is -0.494 e. The molecule has 2 amide bonds. The number of aliphatic carboxylic acids is 1. The van der Waals surface area contributed by atoms with Gasteiger partial charge in [0.1, 0.15) is 23.0 Å². The molecule has 9 heteroatoms. The number of nitrogens with zero attached hydrogens (tertiary/aromatic N) is 2. The van der Waals surface area contributed by atoms with E-state index in [4.69, 9.17) is 4.74 Å². The highest BCUT2D eigenvalue weighted by Gasteiger charge is 2.24. The van der Waals surface area contributed by atoms with Crippen LogP contribution in [0.5, 0.6) is 5.75 Å². The Morgan fingerprint density at radius 2 is 1.74 bits per heavy atom. The molecule has 2 N–H and O–H groups in total. The lowest BCUT2D eigenvalue weighted by Gasteiger charge is -2.19. The summed E-state index contributed by atoms with van der Waals surface area (Å²) in [6.07, 6.45) is -0.518. The molecule has 34 heavy (non-hydrogen) atoms. The van der Waals surface area contributed by atoms with Crippen LogP contribution in [-0.2, 0) is 4.79 Å². The highest BCUT2D eigenvalue weighted by atomic mass is 19.1. The fourth-order valence-corrected chi connectivity index (χ4v) is 3.45. The van der Waals surface area contributed by atoms with Crippen molar-refractivity contribution in [2.45, 2.75) is 12.5 Å². The number of halogens is 1. The van der Waals surface area contributed by atoms with Gasteiger partial charge in [-0.3, -0.25) is 14.4 Å². The third-order valence-electron chi connectivity index (χ3n) is 5.09. The number of ether oxygens (including phenoxy) is 1. The number of pyridine rings is 1. The number of hydrogen-bond acceptors (Lipinski definition) is 5. The SMILES string of the molecule is COc1ccc(C(=O)NC(CC(=O)O)c2ccccc2F)nc1-c1ccccc1C(=O)N(C)C. The summed E-state index contributed by atoms with van der Waals surface area (Å²) in [7, 11) is 4.69. The molecule has 3 rings (SSSR count). The highest BCUT2D eigenvalue weighted by molar-refractivity contribution is 6.01. The number of nitrogens with one attached hydrogen (secondary N) is 1. The summed E-state index contributed by atoms with van der Waals surface area (Å²) in [6, 6.07) is 14.3. The number of carbonyl (C=O) groups is 3. The van der Waals surface area contributed by atoms with Crippen LogP contribution in [0, 0.1) is 5.82 Å². The Bertz CT molecular complexity index is 1230. The third kappa shape index (κ3) is 5.37. The zero-order valence-corrected chi connectivity index (χ0v) is 18.9. The highest BCUT2D eigenvalue weighted by Crippen LogP contribution is 2.31. The van der Waals surface area contributed by atoms with Crippen LogP contribution >= 0.6 is 0 Å². The molecule has 2 aromatic carbocycles. The predicted molar refractivity (Wildman–Crippen MR) is 123 cm³/mol. The van der Waals surface area contributed by atoms with Crippen molar-refractivity contribution in [2.75, 3.05) is 21.2 Å². The van der Waals surface area contributed by atoms with Gasteiger partial charge in [-0.15, -0.1) is 0 Å². The molecule has 0 spiro atoms. The molecule has 8 nitrogen and oxygen atoms in total. The fraction of sp³-hybridized carbons (Fsp3) is 0.200. The first-order valence-corrected chi connectivity index (χ1v) is 10.4. The van der Waals surface area contributed by atoms with Crippen LogP contribution < -0.4 is 10.1 Å². The first kappa shape index (κ1) is 24.4. The zero-order chi connectivity index (χ0) is 24.8. The minimum absolute atomic E-state index is 0.0466. The Balaban J connectivity index is 2.02. The molecule has 1 aromatic heterocycles. The van der Waals surface area contributed by atoms with Crippen molar-refractivity contribution in [3.63, 3.8) is 0 Å². The van der Waals surface area contributed by atoms with Crippen LogP contribution in [0.1, 0.15) is 38.9 Å². The standard InChI is InChI=1S/C25H24FN3O5/c1-29(2)25(33)16-9-5-4-8-15(16)23-21(34-3)13-12-19(27-23)24(32)28-20(14-22(30)31)17-10-6-7-11-18(17)26/h4-13,20H,14H2,1-3H3,(H,28,32)(H,30,31). The molecule has 176 valence electrons. The lowest BCUT2D eigenvalue weighted by Crippen LogP contribution is -2.31. The van der Waals surface area contributed by atoms with Gasteiger partial charge < -0.3 is 20.1 Å². The summed E-state index contributed by atoms with van der Waals surface area (Å²) >= 11 is 0. The van der Waals surface area contributed by atoms with Gasteiger partial charge in [-0.2, -0.15) is 0 Å². The molecule has 0 saturated carbocycles. The molecule has 0 saturated heterocycles. The fourth-order valence-electron chi connectivity index (χ4n) is 3.45. The summed E-state index contributed by atoms with van der Waals surface area (Å²) in [4.78, 5) is 42.9. The van der Waals surface area contributed by atoms with E-state index in [0.29, 0.717) is 16.9 Å². The maximum absolute atomic E-state index is 14.3. The molecule has 3 aromatic rings. The lowest BCUT2D eigenvalue weighted by atomic mass is 10.0. The molecule has 0 aliphatic carbocycles. The van der Waals surface area contributed by atoms with Gasteiger partial charge in [0, 0.05) is 30.8 Å². The van der Waals surface area contributed by atoms with E-state index in [2.05, 4.69) is 10.3 Å². The molecule has 0 radical (unpaired) electrons. The number of methoxy groups -OCH3 is 1. The van der Waals surface area contributed by atoms with E-state index in [0.717, 1.165) is 0 Å². The molecule has 0 aliphatic rings. The number of carboxylic acid groups (broad SMARTS) is 1. The van der Waals surface area contributed by atoms with Crippen LogP contribution in [0.2, 0.25) is 0 Å². The number of rotatable bonds is 8. The Kier molecular flexibility index (Phi) is 7.57. The summed E-state index contributed by atoms with van der Waals surface area (Å²) in [6.45, 7) is 0. The van der Waals surface area contributed by atoms with Crippen molar-refractivity contribution in [1.29, 1.82) is 0 Å². The van der Waals surface area contributed by atoms with Crippen molar-refractivity contribution >= 4 is 17.8 Å². The predicted octanol–water partition coefficient (Wildman–Crippen LogP) is 3.54. The Labute approximate surface area is 196 Å². The van der Waals surface area contributed by atoms with E-state index in [9.17, 15) is 23.9 Å². The van der Waals surface area contributed by atoms with Gasteiger partial charge in [0.25, 0.3) is 11.8 Å². The Hall–Kier alpha value is -4.27. The average Bonchev–Trinajstić information content (AvgIpc) is 2.82. The van der Waals surface area contributed by atoms with Crippen LogP contribution in [0.3, 0.4) is 0 Å². The van der Waals surface area contributed by atoms with Crippen LogP contribution in [-0.4, -0.2) is 54.0 Å². The van der Waals surface area contributed by atoms with E-state index in [1.54, 1.807) is 44.4 Å². The van der Waals surface area contributed by atoms with Crippen molar-refractivity contribution < 1.29 is 28.6 Å². The first-order valence-electron chi connectivity index (χ1n) is 10.4. The first-order chi connectivity index (χ1) is 16.2. The lowest BCUT2D eigenvalue weighted by molar-refractivity contribution is -0.137. The third-order valence-corrected chi connectivity index (χ3v) is 5.09. The maximum atomic E-state index is 14.3. The molecule has 1 heterocycles. The Morgan fingerprint density at radius 1 is 1.06 bits per heavy atom. The number of carboxylic acids is 1. The normalized spacial score (nSPS) is 11.4. The van der Waals surface area contributed by atoms with E-state index in [1.165, 1.54) is 42.3 Å². The quantitative estimate of drug-likeness (QED) is 0.527. The van der Waals surface area contributed by atoms with Crippen molar-refractivity contribution in [1.82, 2.24) is 15.2 Å². The number of aromatic nitrogens is 1. The van der Waals surface area contributed by atoms with Gasteiger partial charge in [-0.1, -0.05) is 36.4 Å². The van der Waals surface area contributed by atoms with Crippen molar-refractivity contribution in [3.05, 3.63) is 83.3 Å². The molecule has 1 unspecified atom stereocenters. The molecule has 0 bridgehead atoms. The topological polar surface area (TPSA) is 109 Å². The van der Waals surface area contributed by atoms with Gasteiger partial charge in [0.15, 0.2) is 0 Å². The number of benzene rings is 2. The monoisotopic (exact) mass is 465 g/mol. The van der Waals surface area contributed by atoms with Gasteiger partial charge in [0.05, 0.1) is 19.6 Å².